The summed E-state index contributed by atoms with van der Waals surface area (Å²) in [5.41, 5.74) is 0. The predicted molar refractivity (Wildman–Crippen MR) is 42.8 cm³/mol. The van der Waals surface area contributed by atoms with E-state index in [9.17, 15) is 0 Å². The molecule has 0 atom stereocenters. The first-order valence-electron chi connectivity index (χ1n) is 2.85. The van der Waals surface area contributed by atoms with E-state index in [1.807, 2.05) is 6.82 Å². The molecule has 0 heterocycles. The van der Waals surface area contributed by atoms with Crippen molar-refractivity contribution >= 4 is 13.4 Å². The number of hydrogen-bond donors (Lipinski definition) is 1. The third kappa shape index (κ3) is 442. The fourth-order valence-electron chi connectivity index (χ4n) is 0. The Balaban J connectivity index is -0.0000000202. The molecule has 0 bridgehead atoms. The summed E-state index contributed by atoms with van der Waals surface area (Å²) in [5, 5.41) is 7.00. The van der Waals surface area contributed by atoms with Crippen molar-refractivity contribution in [2.24, 2.45) is 0 Å². The summed E-state index contributed by atoms with van der Waals surface area (Å²) in [4.78, 5) is 0. The van der Waals surface area contributed by atoms with Crippen LogP contribution in [0.1, 0.15) is 20.3 Å². The standard InChI is InChI=1S/C3H8.C2H5B.CH4O.Y/c2*1-3-2;1-2;/h3H2,1-2H3;1H2,2H3;2H,1H3;. The summed E-state index contributed by atoms with van der Waals surface area (Å²) in [6, 6.07) is 0. The van der Waals surface area contributed by atoms with Gasteiger partial charge >= 0.3 is 20.2 Å². The van der Waals surface area contributed by atoms with Crippen molar-refractivity contribution < 1.29 is 37.8 Å². The summed E-state index contributed by atoms with van der Waals surface area (Å²) in [6.45, 7) is 11.2. The number of hydrogen-bond acceptors (Lipinski definition) is 1. The second kappa shape index (κ2) is 64.0. The van der Waals surface area contributed by atoms with Crippen LogP contribution in [0.15, 0.2) is 0 Å². The molecule has 1 nitrogen and oxygen atoms in total. The zero-order valence-electron chi connectivity index (χ0n) is 7.02. The minimum atomic E-state index is 0. The van der Waals surface area contributed by atoms with Gasteiger partial charge < -0.3 is 5.11 Å². The Morgan fingerprint density at radius 2 is 1.33 bits per heavy atom. The zero-order valence-corrected chi connectivity index (χ0v) is 9.85. The molecule has 0 amide bonds. The second-order valence-electron chi connectivity index (χ2n) is 1.12. The Labute approximate surface area is 85.0 Å². The van der Waals surface area contributed by atoms with Crippen molar-refractivity contribution in [3.8, 4) is 0 Å². The molecule has 0 saturated heterocycles. The molecular formula is C6H17BOY. The molecule has 0 aromatic heterocycles. The van der Waals surface area contributed by atoms with E-state index < -0.39 is 0 Å². The molecule has 0 aliphatic rings. The summed E-state index contributed by atoms with van der Waals surface area (Å²) in [7, 11) is 1.00. The third-order valence-electron chi connectivity index (χ3n) is 0. The Morgan fingerprint density at radius 1 is 1.33 bits per heavy atom. The van der Waals surface area contributed by atoms with Gasteiger partial charge in [0.05, 0.1) is 0 Å². The monoisotopic (exact) mass is 205 g/mol. The average Bonchev–Trinajstić information content (AvgIpc) is 1.75. The quantitative estimate of drug-likeness (QED) is 0.589. The maximum Gasteiger partial charge on any atom is 0.0319 e. The molecule has 1 radical (unpaired) electrons. The third-order valence-corrected chi connectivity index (χ3v) is 0. The van der Waals surface area contributed by atoms with Crippen LogP contribution in [0.2, 0.25) is 6.82 Å². The Kier molecular flexibility index (Phi) is 160. The largest absolute Gasteiger partial charge is 0.400 e. The SMILES string of the molecule is C=BC.CCC.CO.[Y]. The van der Waals surface area contributed by atoms with E-state index in [0.29, 0.717) is 0 Å². The molecule has 9 heavy (non-hydrogen) atoms. The molecule has 53 valence electrons. The number of aliphatic hydroxyl groups is 1. The van der Waals surface area contributed by atoms with E-state index in [0.717, 1.165) is 7.11 Å². The van der Waals surface area contributed by atoms with Crippen LogP contribution in [-0.4, -0.2) is 25.6 Å². The summed E-state index contributed by atoms with van der Waals surface area (Å²) >= 11 is 0. The fraction of sp³-hybridized carbons (Fsp3) is 0.833. The van der Waals surface area contributed by atoms with Crippen LogP contribution in [0.25, 0.3) is 0 Å². The van der Waals surface area contributed by atoms with E-state index >= 15 is 0 Å². The molecule has 0 aliphatic heterocycles. The molecule has 0 saturated carbocycles. The van der Waals surface area contributed by atoms with Gasteiger partial charge in [0.15, 0.2) is 0 Å². The van der Waals surface area contributed by atoms with Crippen molar-refractivity contribution in [2.45, 2.75) is 27.1 Å². The summed E-state index contributed by atoms with van der Waals surface area (Å²) in [6.07, 6.45) is 1.25. The van der Waals surface area contributed by atoms with Crippen LogP contribution < -0.4 is 0 Å². The molecule has 1 N–H and O–H groups in total. The smallest absolute Gasteiger partial charge is 0.0319 e. The second-order valence-corrected chi connectivity index (χ2v) is 1.12. The summed E-state index contributed by atoms with van der Waals surface area (Å²) in [5.74, 6) is 0. The van der Waals surface area contributed by atoms with Crippen molar-refractivity contribution in [1.29, 1.82) is 0 Å². The van der Waals surface area contributed by atoms with E-state index in [1.165, 1.54) is 6.42 Å². The Hall–Kier alpha value is 0.999. The molecule has 0 unspecified atom stereocenters. The van der Waals surface area contributed by atoms with E-state index in [4.69, 9.17) is 5.11 Å². The van der Waals surface area contributed by atoms with Gasteiger partial charge in [0.1, 0.15) is 0 Å². The van der Waals surface area contributed by atoms with E-state index in [2.05, 4.69) is 20.3 Å². The van der Waals surface area contributed by atoms with Gasteiger partial charge in [-0.3, -0.25) is 0 Å². The predicted octanol–water partition coefficient (Wildman–Crippen LogP) is 1.19. The molecule has 0 aromatic carbocycles. The number of rotatable bonds is 0. The van der Waals surface area contributed by atoms with Gasteiger partial charge in [0.2, 0.25) is 0 Å². The van der Waals surface area contributed by atoms with Crippen LogP contribution in [0.3, 0.4) is 0 Å². The first kappa shape index (κ1) is 22.5. The molecule has 3 heteroatoms. The van der Waals surface area contributed by atoms with Crippen LogP contribution in [0, 0.1) is 0 Å². The minimum absolute atomic E-state index is 0. The first-order chi connectivity index (χ1) is 3.83. The van der Waals surface area contributed by atoms with Gasteiger partial charge in [-0.05, 0) is 0 Å². The Bertz CT molecular complexity index is 27.0. The molecule has 0 spiro atoms. The van der Waals surface area contributed by atoms with Gasteiger partial charge in [0, 0.05) is 39.8 Å². The summed E-state index contributed by atoms with van der Waals surface area (Å²) < 4.78 is 0. The van der Waals surface area contributed by atoms with Crippen molar-refractivity contribution in [3.63, 3.8) is 0 Å². The van der Waals surface area contributed by atoms with Crippen LogP contribution in [0.5, 0.6) is 0 Å². The molecule has 0 aliphatic carbocycles. The average molecular weight is 205 g/mol. The van der Waals surface area contributed by atoms with Crippen LogP contribution in [-0.2, 0) is 32.7 Å². The fourth-order valence-corrected chi connectivity index (χ4v) is 0. The topological polar surface area (TPSA) is 20.2 Å². The zero-order chi connectivity index (χ0) is 7.41. The van der Waals surface area contributed by atoms with Gasteiger partial charge in [-0.15, -0.1) is 0 Å². The van der Waals surface area contributed by atoms with Crippen LogP contribution in [0.4, 0.5) is 0 Å². The van der Waals surface area contributed by atoms with Gasteiger partial charge in [-0.1, -0.05) is 20.3 Å². The Morgan fingerprint density at radius 3 is 1.33 bits per heavy atom. The normalized spacial score (nSPS) is 3.67. The molecular weight excluding hydrogens is 188 g/mol. The minimum Gasteiger partial charge on any atom is -0.400 e. The first-order valence-corrected chi connectivity index (χ1v) is 2.85. The van der Waals surface area contributed by atoms with Crippen molar-refractivity contribution in [2.75, 3.05) is 7.11 Å². The molecule has 0 rings (SSSR count). The van der Waals surface area contributed by atoms with Gasteiger partial charge in [-0.2, -0.15) is 0 Å². The van der Waals surface area contributed by atoms with E-state index in [-0.39, 0.29) is 32.7 Å². The van der Waals surface area contributed by atoms with Gasteiger partial charge in [-0.25, -0.2) is 0 Å². The number of aliphatic hydroxyl groups excluding tert-OH is 1. The van der Waals surface area contributed by atoms with E-state index in [1.54, 1.807) is 6.92 Å². The molecule has 0 aromatic rings. The maximum absolute atomic E-state index is 7.00. The van der Waals surface area contributed by atoms with Crippen molar-refractivity contribution in [1.82, 2.24) is 0 Å². The molecule has 0 fully saturated rings. The van der Waals surface area contributed by atoms with Crippen molar-refractivity contribution in [3.05, 3.63) is 0 Å². The maximum atomic E-state index is 7.00. The van der Waals surface area contributed by atoms with Crippen LogP contribution >= 0.6 is 0 Å². The van der Waals surface area contributed by atoms with Gasteiger partial charge in [0.25, 0.3) is 0 Å².